The Labute approximate surface area is 139 Å². The van der Waals surface area contributed by atoms with Crippen molar-refractivity contribution in [2.75, 3.05) is 11.4 Å². The predicted molar refractivity (Wildman–Crippen MR) is 95.7 cm³/mol. The van der Waals surface area contributed by atoms with E-state index in [-0.39, 0.29) is 0 Å². The minimum atomic E-state index is 0.405. The average Bonchev–Trinajstić information content (AvgIpc) is 2.45. The van der Waals surface area contributed by atoms with Crippen LogP contribution in [-0.4, -0.2) is 16.5 Å². The summed E-state index contributed by atoms with van der Waals surface area (Å²) in [5.41, 5.74) is 9.84. The highest BCUT2D eigenvalue weighted by molar-refractivity contribution is 9.10. The smallest absolute Gasteiger partial charge is 0.106 e. The molecular weight excluding hydrogens is 346 g/mol. The van der Waals surface area contributed by atoms with Crippen LogP contribution in [0.1, 0.15) is 23.9 Å². The van der Waals surface area contributed by atoms with Crippen LogP contribution in [0.4, 0.5) is 5.69 Å². The number of aryl methyl sites for hydroxylation is 1. The van der Waals surface area contributed by atoms with E-state index in [0.717, 1.165) is 40.2 Å². The quantitative estimate of drug-likeness (QED) is 0.820. The molecule has 2 aromatic rings. The van der Waals surface area contributed by atoms with Crippen molar-refractivity contribution >= 4 is 38.8 Å². The van der Waals surface area contributed by atoms with E-state index in [4.69, 9.17) is 18.0 Å². The summed E-state index contributed by atoms with van der Waals surface area (Å²) >= 11 is 8.64. The molecule has 2 rings (SSSR count). The Kier molecular flexibility index (Phi) is 5.31. The van der Waals surface area contributed by atoms with Gasteiger partial charge in [-0.3, -0.25) is 4.98 Å². The number of thiocarbonyl (C=S) groups is 1. The third-order valence-electron chi connectivity index (χ3n) is 3.25. The van der Waals surface area contributed by atoms with Gasteiger partial charge < -0.3 is 10.6 Å². The molecule has 1 aromatic carbocycles. The van der Waals surface area contributed by atoms with E-state index < -0.39 is 0 Å². The van der Waals surface area contributed by atoms with Crippen LogP contribution >= 0.6 is 28.1 Å². The summed E-state index contributed by atoms with van der Waals surface area (Å²) in [7, 11) is 0. The van der Waals surface area contributed by atoms with Crippen LogP contribution < -0.4 is 10.6 Å². The summed E-state index contributed by atoms with van der Waals surface area (Å²) in [5, 5.41) is 0. The zero-order chi connectivity index (χ0) is 15.4. The highest BCUT2D eigenvalue weighted by Crippen LogP contribution is 2.25. The molecule has 21 heavy (non-hydrogen) atoms. The number of aromatic nitrogens is 1. The van der Waals surface area contributed by atoms with E-state index in [1.807, 2.05) is 43.3 Å². The maximum atomic E-state index is 5.86. The molecule has 0 fully saturated rings. The maximum absolute atomic E-state index is 5.86. The molecule has 0 aliphatic carbocycles. The molecule has 5 heteroatoms. The summed E-state index contributed by atoms with van der Waals surface area (Å²) in [6.07, 6.45) is 0. The largest absolute Gasteiger partial charge is 0.389 e. The van der Waals surface area contributed by atoms with Crippen LogP contribution in [0, 0.1) is 6.92 Å². The minimum absolute atomic E-state index is 0.405. The first kappa shape index (κ1) is 15.9. The molecule has 0 radical (unpaired) electrons. The molecule has 0 unspecified atom stereocenters. The number of hydrogen-bond acceptors (Lipinski definition) is 3. The van der Waals surface area contributed by atoms with Gasteiger partial charge in [-0.15, -0.1) is 0 Å². The van der Waals surface area contributed by atoms with Gasteiger partial charge in [-0.05, 0) is 44.2 Å². The van der Waals surface area contributed by atoms with Crippen molar-refractivity contribution in [2.45, 2.75) is 20.4 Å². The fourth-order valence-corrected chi connectivity index (χ4v) is 2.76. The number of hydrogen-bond donors (Lipinski definition) is 1. The SMILES string of the molecule is CCN(Cc1cccc(C)n1)c1ccc(Br)cc1C(N)=S. The first-order valence-electron chi connectivity index (χ1n) is 6.78. The summed E-state index contributed by atoms with van der Waals surface area (Å²) in [5.74, 6) is 0. The number of halogens is 1. The number of nitrogens with zero attached hydrogens (tertiary/aromatic N) is 2. The van der Waals surface area contributed by atoms with Gasteiger partial charge in [0.15, 0.2) is 0 Å². The van der Waals surface area contributed by atoms with Gasteiger partial charge in [0.1, 0.15) is 4.99 Å². The van der Waals surface area contributed by atoms with E-state index in [1.54, 1.807) is 0 Å². The Bertz CT molecular complexity index is 658. The number of anilines is 1. The summed E-state index contributed by atoms with van der Waals surface area (Å²) < 4.78 is 0.971. The fraction of sp³-hybridized carbons (Fsp3) is 0.250. The van der Waals surface area contributed by atoms with Gasteiger partial charge in [0.2, 0.25) is 0 Å². The van der Waals surface area contributed by atoms with Crippen LogP contribution in [0.25, 0.3) is 0 Å². The van der Waals surface area contributed by atoms with Gasteiger partial charge in [0.05, 0.1) is 12.2 Å². The zero-order valence-electron chi connectivity index (χ0n) is 12.1. The topological polar surface area (TPSA) is 42.2 Å². The van der Waals surface area contributed by atoms with Gasteiger partial charge in [-0.2, -0.15) is 0 Å². The van der Waals surface area contributed by atoms with E-state index in [1.165, 1.54) is 0 Å². The second-order valence-electron chi connectivity index (χ2n) is 4.81. The third kappa shape index (κ3) is 4.02. The van der Waals surface area contributed by atoms with Gasteiger partial charge in [-0.25, -0.2) is 0 Å². The lowest BCUT2D eigenvalue weighted by Crippen LogP contribution is -2.26. The number of nitrogens with two attached hydrogens (primary N) is 1. The Morgan fingerprint density at radius 2 is 2.10 bits per heavy atom. The lowest BCUT2D eigenvalue weighted by Gasteiger charge is -2.25. The first-order valence-corrected chi connectivity index (χ1v) is 7.98. The van der Waals surface area contributed by atoms with Crippen molar-refractivity contribution in [1.82, 2.24) is 4.98 Å². The molecule has 0 spiro atoms. The Morgan fingerprint density at radius 3 is 2.71 bits per heavy atom. The summed E-state index contributed by atoms with van der Waals surface area (Å²) in [6.45, 7) is 5.70. The van der Waals surface area contributed by atoms with Crippen LogP contribution in [0.3, 0.4) is 0 Å². The second-order valence-corrected chi connectivity index (χ2v) is 6.17. The highest BCUT2D eigenvalue weighted by atomic mass is 79.9. The van der Waals surface area contributed by atoms with E-state index in [2.05, 4.69) is 32.7 Å². The molecule has 1 aromatic heterocycles. The van der Waals surface area contributed by atoms with Crippen molar-refractivity contribution in [3.63, 3.8) is 0 Å². The summed E-state index contributed by atoms with van der Waals surface area (Å²) in [6, 6.07) is 12.1. The molecule has 2 N–H and O–H groups in total. The Balaban J connectivity index is 2.35. The van der Waals surface area contributed by atoms with Crippen molar-refractivity contribution in [1.29, 1.82) is 0 Å². The molecule has 0 atom stereocenters. The standard InChI is InChI=1S/C16H18BrN3S/c1-3-20(10-13-6-4-5-11(2)19-13)15-8-7-12(17)9-14(15)16(18)21/h4-9H,3,10H2,1-2H3,(H2,18,21). The molecule has 0 saturated heterocycles. The van der Waals surface area contributed by atoms with E-state index in [0.29, 0.717) is 4.99 Å². The average molecular weight is 364 g/mol. The van der Waals surface area contributed by atoms with E-state index in [9.17, 15) is 0 Å². The maximum Gasteiger partial charge on any atom is 0.106 e. The van der Waals surface area contributed by atoms with Crippen LogP contribution in [0.15, 0.2) is 40.9 Å². The Hall–Kier alpha value is -1.46. The van der Waals surface area contributed by atoms with Crippen molar-refractivity contribution < 1.29 is 0 Å². The molecule has 0 amide bonds. The number of pyridine rings is 1. The number of rotatable bonds is 5. The second kappa shape index (κ2) is 7.00. The van der Waals surface area contributed by atoms with Gasteiger partial charge in [-0.1, -0.05) is 34.2 Å². The number of benzene rings is 1. The van der Waals surface area contributed by atoms with Gasteiger partial charge in [0, 0.05) is 28.0 Å². The van der Waals surface area contributed by atoms with E-state index >= 15 is 0 Å². The lowest BCUT2D eigenvalue weighted by molar-refractivity contribution is 0.805. The van der Waals surface area contributed by atoms with Crippen LogP contribution in [-0.2, 0) is 6.54 Å². The molecule has 110 valence electrons. The zero-order valence-corrected chi connectivity index (χ0v) is 14.5. The molecule has 0 aliphatic heterocycles. The first-order chi connectivity index (χ1) is 10.0. The normalized spacial score (nSPS) is 10.4. The minimum Gasteiger partial charge on any atom is -0.389 e. The monoisotopic (exact) mass is 363 g/mol. The van der Waals surface area contributed by atoms with Crippen LogP contribution in [0.2, 0.25) is 0 Å². The molecule has 3 nitrogen and oxygen atoms in total. The third-order valence-corrected chi connectivity index (χ3v) is 3.96. The van der Waals surface area contributed by atoms with Gasteiger partial charge >= 0.3 is 0 Å². The fourth-order valence-electron chi connectivity index (χ4n) is 2.23. The lowest BCUT2D eigenvalue weighted by atomic mass is 10.1. The molecular formula is C16H18BrN3S. The van der Waals surface area contributed by atoms with Crippen molar-refractivity contribution in [2.24, 2.45) is 5.73 Å². The summed E-state index contributed by atoms with van der Waals surface area (Å²) in [4.78, 5) is 7.19. The van der Waals surface area contributed by atoms with Crippen molar-refractivity contribution in [3.05, 3.63) is 57.8 Å². The molecule has 1 heterocycles. The van der Waals surface area contributed by atoms with Crippen molar-refractivity contribution in [3.8, 4) is 0 Å². The van der Waals surface area contributed by atoms with Gasteiger partial charge in [0.25, 0.3) is 0 Å². The molecule has 0 bridgehead atoms. The molecule has 0 aliphatic rings. The van der Waals surface area contributed by atoms with Crippen LogP contribution in [0.5, 0.6) is 0 Å². The Morgan fingerprint density at radius 1 is 1.33 bits per heavy atom. The predicted octanol–water partition coefficient (Wildman–Crippen LogP) is 3.81. The highest BCUT2D eigenvalue weighted by Gasteiger charge is 2.13. The molecule has 0 saturated carbocycles.